The molecule has 0 aromatic carbocycles. The summed E-state index contributed by atoms with van der Waals surface area (Å²) < 4.78 is 4.92. The third-order valence-corrected chi connectivity index (χ3v) is 2.11. The molecule has 0 spiro atoms. The molecule has 0 rings (SSSR count). The van der Waals surface area contributed by atoms with Gasteiger partial charge in [0.2, 0.25) is 0 Å². The molecule has 0 aliphatic rings. The molecule has 0 aromatic rings. The van der Waals surface area contributed by atoms with Gasteiger partial charge in [-0.05, 0) is 32.1 Å². The summed E-state index contributed by atoms with van der Waals surface area (Å²) in [7, 11) is 1.67. The molecule has 12 heavy (non-hydrogen) atoms. The number of hydrogen-bond donors (Lipinski definition) is 1. The second-order valence-corrected chi connectivity index (χ2v) is 4.17. The zero-order valence-electron chi connectivity index (χ0n) is 8.76. The number of rotatable bonds is 6. The van der Waals surface area contributed by atoms with Crippen molar-refractivity contribution in [2.24, 2.45) is 5.92 Å². The fourth-order valence-corrected chi connectivity index (χ4v) is 1.05. The van der Waals surface area contributed by atoms with Crippen LogP contribution < -0.4 is 0 Å². The Bertz CT molecular complexity index is 108. The Morgan fingerprint density at radius 1 is 1.33 bits per heavy atom. The maximum atomic E-state index is 9.81. The van der Waals surface area contributed by atoms with E-state index in [1.54, 1.807) is 7.11 Å². The number of methoxy groups -OCH3 is 1. The Morgan fingerprint density at radius 2 is 1.92 bits per heavy atom. The molecule has 2 heteroatoms. The van der Waals surface area contributed by atoms with Crippen molar-refractivity contribution >= 4 is 0 Å². The molecule has 0 aromatic heterocycles. The molecule has 0 saturated carbocycles. The van der Waals surface area contributed by atoms with Crippen molar-refractivity contribution in [2.75, 3.05) is 13.7 Å². The van der Waals surface area contributed by atoms with Crippen molar-refractivity contribution in [2.45, 2.75) is 45.6 Å². The lowest BCUT2D eigenvalue weighted by Crippen LogP contribution is -2.26. The lowest BCUT2D eigenvalue weighted by atomic mass is 9.93. The average molecular weight is 174 g/mol. The minimum Gasteiger partial charge on any atom is -0.390 e. The standard InChI is InChI=1S/C10H22O2/c1-9(2)5-6-10(3,11)7-8-12-4/h9,11H,5-8H2,1-4H3. The van der Waals surface area contributed by atoms with Gasteiger partial charge in [0, 0.05) is 13.7 Å². The quantitative estimate of drug-likeness (QED) is 0.669. The third kappa shape index (κ3) is 6.62. The van der Waals surface area contributed by atoms with E-state index < -0.39 is 5.60 Å². The van der Waals surface area contributed by atoms with Crippen LogP contribution in [0.15, 0.2) is 0 Å². The van der Waals surface area contributed by atoms with Crippen molar-refractivity contribution in [3.63, 3.8) is 0 Å². The summed E-state index contributed by atoms with van der Waals surface area (Å²) in [6.45, 7) is 6.87. The Labute approximate surface area is 75.9 Å². The first-order valence-corrected chi connectivity index (χ1v) is 4.69. The van der Waals surface area contributed by atoms with Gasteiger partial charge in [-0.2, -0.15) is 0 Å². The molecule has 0 aliphatic heterocycles. The zero-order valence-corrected chi connectivity index (χ0v) is 8.76. The summed E-state index contributed by atoms with van der Waals surface area (Å²) in [5.74, 6) is 0.666. The van der Waals surface area contributed by atoms with Gasteiger partial charge in [0.05, 0.1) is 5.60 Å². The van der Waals surface area contributed by atoms with E-state index in [1.165, 1.54) is 0 Å². The predicted octanol–water partition coefficient (Wildman–Crippen LogP) is 2.21. The number of ether oxygens (including phenoxy) is 1. The molecule has 0 heterocycles. The summed E-state index contributed by atoms with van der Waals surface area (Å²) in [4.78, 5) is 0. The summed E-state index contributed by atoms with van der Waals surface area (Å²) in [6.07, 6.45) is 2.68. The van der Waals surface area contributed by atoms with Gasteiger partial charge in [0.15, 0.2) is 0 Å². The lowest BCUT2D eigenvalue weighted by Gasteiger charge is -2.23. The Balaban J connectivity index is 3.56. The Morgan fingerprint density at radius 3 is 2.33 bits per heavy atom. The molecular weight excluding hydrogens is 152 g/mol. The van der Waals surface area contributed by atoms with E-state index in [0.717, 1.165) is 19.3 Å². The largest absolute Gasteiger partial charge is 0.390 e. The summed E-state index contributed by atoms with van der Waals surface area (Å²) >= 11 is 0. The zero-order chi connectivity index (χ0) is 9.61. The molecule has 0 saturated heterocycles. The fourth-order valence-electron chi connectivity index (χ4n) is 1.05. The van der Waals surface area contributed by atoms with E-state index in [1.807, 2.05) is 6.92 Å². The lowest BCUT2D eigenvalue weighted by molar-refractivity contribution is 0.0132. The van der Waals surface area contributed by atoms with E-state index in [4.69, 9.17) is 4.74 Å². The predicted molar refractivity (Wildman–Crippen MR) is 51.2 cm³/mol. The van der Waals surface area contributed by atoms with Crippen molar-refractivity contribution in [3.8, 4) is 0 Å². The molecular formula is C10H22O2. The Hall–Kier alpha value is -0.0800. The van der Waals surface area contributed by atoms with Gasteiger partial charge in [-0.25, -0.2) is 0 Å². The second kappa shape index (κ2) is 5.55. The topological polar surface area (TPSA) is 29.5 Å². The molecule has 0 radical (unpaired) electrons. The van der Waals surface area contributed by atoms with Crippen LogP contribution in [-0.4, -0.2) is 24.4 Å². The van der Waals surface area contributed by atoms with E-state index in [2.05, 4.69) is 13.8 Å². The van der Waals surface area contributed by atoms with Gasteiger partial charge in [-0.1, -0.05) is 13.8 Å². The highest BCUT2D eigenvalue weighted by Gasteiger charge is 2.19. The first-order valence-electron chi connectivity index (χ1n) is 4.69. The van der Waals surface area contributed by atoms with Gasteiger partial charge in [0.1, 0.15) is 0 Å². The summed E-state index contributed by atoms with van der Waals surface area (Å²) in [6, 6.07) is 0. The van der Waals surface area contributed by atoms with E-state index in [0.29, 0.717) is 12.5 Å². The highest BCUT2D eigenvalue weighted by molar-refractivity contribution is 4.72. The monoisotopic (exact) mass is 174 g/mol. The van der Waals surface area contributed by atoms with E-state index >= 15 is 0 Å². The van der Waals surface area contributed by atoms with Crippen LogP contribution in [0.2, 0.25) is 0 Å². The van der Waals surface area contributed by atoms with Crippen LogP contribution in [-0.2, 0) is 4.74 Å². The minimum absolute atomic E-state index is 0.541. The molecule has 1 N–H and O–H groups in total. The third-order valence-electron chi connectivity index (χ3n) is 2.11. The molecule has 1 unspecified atom stereocenters. The fraction of sp³-hybridized carbons (Fsp3) is 1.00. The van der Waals surface area contributed by atoms with Crippen LogP contribution in [0.4, 0.5) is 0 Å². The molecule has 74 valence electrons. The highest BCUT2D eigenvalue weighted by Crippen LogP contribution is 2.19. The van der Waals surface area contributed by atoms with Gasteiger partial charge >= 0.3 is 0 Å². The molecule has 0 fully saturated rings. The average Bonchev–Trinajstić information content (AvgIpc) is 1.98. The van der Waals surface area contributed by atoms with Crippen LogP contribution in [0.1, 0.15) is 40.0 Å². The summed E-state index contributed by atoms with van der Waals surface area (Å²) in [5.41, 5.74) is -0.541. The Kier molecular flexibility index (Phi) is 5.51. The van der Waals surface area contributed by atoms with Gasteiger partial charge in [0.25, 0.3) is 0 Å². The maximum Gasteiger partial charge on any atom is 0.0641 e. The van der Waals surface area contributed by atoms with Crippen molar-refractivity contribution < 1.29 is 9.84 Å². The maximum absolute atomic E-state index is 9.81. The second-order valence-electron chi connectivity index (χ2n) is 4.17. The normalized spacial score (nSPS) is 16.5. The van der Waals surface area contributed by atoms with Crippen LogP contribution >= 0.6 is 0 Å². The van der Waals surface area contributed by atoms with Crippen molar-refractivity contribution in [1.82, 2.24) is 0 Å². The number of hydrogen-bond acceptors (Lipinski definition) is 2. The smallest absolute Gasteiger partial charge is 0.0641 e. The van der Waals surface area contributed by atoms with Crippen molar-refractivity contribution in [1.29, 1.82) is 0 Å². The molecule has 1 atom stereocenters. The van der Waals surface area contributed by atoms with Crippen LogP contribution in [0.5, 0.6) is 0 Å². The van der Waals surface area contributed by atoms with Crippen molar-refractivity contribution in [3.05, 3.63) is 0 Å². The van der Waals surface area contributed by atoms with Crippen LogP contribution in [0.3, 0.4) is 0 Å². The molecule has 0 bridgehead atoms. The summed E-state index contributed by atoms with van der Waals surface area (Å²) in [5, 5.41) is 9.81. The molecule has 2 nitrogen and oxygen atoms in total. The van der Waals surface area contributed by atoms with E-state index in [9.17, 15) is 5.11 Å². The van der Waals surface area contributed by atoms with Crippen LogP contribution in [0, 0.1) is 5.92 Å². The highest BCUT2D eigenvalue weighted by atomic mass is 16.5. The molecule has 0 aliphatic carbocycles. The van der Waals surface area contributed by atoms with Crippen LogP contribution in [0.25, 0.3) is 0 Å². The SMILES string of the molecule is COCCC(C)(O)CCC(C)C. The first-order chi connectivity index (χ1) is 5.48. The van der Waals surface area contributed by atoms with Gasteiger partial charge in [-0.15, -0.1) is 0 Å². The molecule has 0 amide bonds. The first kappa shape index (κ1) is 11.9. The van der Waals surface area contributed by atoms with Gasteiger partial charge < -0.3 is 9.84 Å². The number of aliphatic hydroxyl groups is 1. The van der Waals surface area contributed by atoms with E-state index in [-0.39, 0.29) is 0 Å². The van der Waals surface area contributed by atoms with Gasteiger partial charge in [-0.3, -0.25) is 0 Å². The minimum atomic E-state index is -0.541.